The lowest BCUT2D eigenvalue weighted by atomic mass is 9.43. The first-order valence-electron chi connectivity index (χ1n) is 7.43. The van der Waals surface area contributed by atoms with E-state index >= 15 is 0 Å². The minimum absolute atomic E-state index is 0.441. The molecule has 0 atom stereocenters. The SMILES string of the molecule is CC1(C)CB(c2cnn(C3CCC3)c2)CC1(C)C. The molecule has 1 aliphatic heterocycles. The molecule has 3 rings (SSSR count). The van der Waals surface area contributed by atoms with Crippen LogP contribution in [0, 0.1) is 10.8 Å². The van der Waals surface area contributed by atoms with E-state index in [1.54, 1.807) is 0 Å². The molecule has 0 amide bonds. The van der Waals surface area contributed by atoms with Gasteiger partial charge in [0.2, 0.25) is 0 Å². The van der Waals surface area contributed by atoms with Gasteiger partial charge < -0.3 is 0 Å². The van der Waals surface area contributed by atoms with Crippen LogP contribution in [0.3, 0.4) is 0 Å². The highest BCUT2D eigenvalue weighted by Crippen LogP contribution is 2.52. The van der Waals surface area contributed by atoms with Crippen molar-refractivity contribution in [1.29, 1.82) is 0 Å². The predicted molar refractivity (Wildman–Crippen MR) is 77.7 cm³/mol. The first-order chi connectivity index (χ1) is 8.39. The van der Waals surface area contributed by atoms with Gasteiger partial charge in [0.15, 0.2) is 6.71 Å². The van der Waals surface area contributed by atoms with Gasteiger partial charge in [-0.25, -0.2) is 0 Å². The molecule has 0 unspecified atom stereocenters. The van der Waals surface area contributed by atoms with Crippen molar-refractivity contribution in [2.24, 2.45) is 10.8 Å². The Bertz CT molecular complexity index is 427. The molecule has 2 aliphatic rings. The Kier molecular flexibility index (Phi) is 2.66. The molecule has 1 aliphatic carbocycles. The van der Waals surface area contributed by atoms with Crippen molar-refractivity contribution in [2.75, 3.05) is 0 Å². The fraction of sp³-hybridized carbons (Fsp3) is 0.800. The van der Waals surface area contributed by atoms with Crippen molar-refractivity contribution in [2.45, 2.75) is 65.6 Å². The van der Waals surface area contributed by atoms with Crippen LogP contribution in [-0.4, -0.2) is 16.5 Å². The lowest BCUT2D eigenvalue weighted by Gasteiger charge is -2.35. The van der Waals surface area contributed by atoms with Crippen LogP contribution in [0.5, 0.6) is 0 Å². The molecule has 0 radical (unpaired) electrons. The van der Waals surface area contributed by atoms with Crippen molar-refractivity contribution >= 4 is 12.2 Å². The third-order valence-corrected chi connectivity index (χ3v) is 5.89. The third-order valence-electron chi connectivity index (χ3n) is 5.89. The van der Waals surface area contributed by atoms with E-state index in [4.69, 9.17) is 0 Å². The highest BCUT2D eigenvalue weighted by atomic mass is 15.3. The standard InChI is InChI=1S/C15H25BN2/c1-14(2)10-16(11-15(14,3)4)12-8-17-18(9-12)13-6-5-7-13/h8-9,13H,5-7,10-11H2,1-4H3. The summed E-state index contributed by atoms with van der Waals surface area (Å²) in [6.07, 6.45) is 11.1. The summed E-state index contributed by atoms with van der Waals surface area (Å²) in [6, 6.07) is 0.696. The Morgan fingerprint density at radius 3 is 2.28 bits per heavy atom. The van der Waals surface area contributed by atoms with Crippen molar-refractivity contribution in [3.05, 3.63) is 12.4 Å². The highest BCUT2D eigenvalue weighted by molar-refractivity contribution is 6.74. The molecule has 0 aromatic carbocycles. The number of rotatable bonds is 2. The summed E-state index contributed by atoms with van der Waals surface area (Å²) < 4.78 is 2.22. The van der Waals surface area contributed by atoms with Gasteiger partial charge in [0.25, 0.3) is 0 Å². The van der Waals surface area contributed by atoms with Crippen LogP contribution in [-0.2, 0) is 0 Å². The molecule has 18 heavy (non-hydrogen) atoms. The van der Waals surface area contributed by atoms with E-state index in [1.807, 2.05) is 0 Å². The van der Waals surface area contributed by atoms with Crippen LogP contribution in [0.2, 0.25) is 12.6 Å². The van der Waals surface area contributed by atoms with Crippen LogP contribution < -0.4 is 5.46 Å². The Labute approximate surface area is 111 Å². The smallest absolute Gasteiger partial charge is 0.181 e. The molecule has 1 saturated carbocycles. The number of nitrogens with zero attached hydrogens (tertiary/aromatic N) is 2. The van der Waals surface area contributed by atoms with Crippen molar-refractivity contribution in [1.82, 2.24) is 9.78 Å². The number of hydrogen-bond donors (Lipinski definition) is 0. The summed E-state index contributed by atoms with van der Waals surface area (Å²) in [5.74, 6) is 0. The van der Waals surface area contributed by atoms with E-state index < -0.39 is 0 Å². The molecular weight excluding hydrogens is 219 g/mol. The molecule has 0 N–H and O–H groups in total. The van der Waals surface area contributed by atoms with Crippen LogP contribution in [0.15, 0.2) is 12.4 Å². The van der Waals surface area contributed by atoms with Crippen molar-refractivity contribution in [3.8, 4) is 0 Å². The molecule has 2 heterocycles. The summed E-state index contributed by atoms with van der Waals surface area (Å²) >= 11 is 0. The third kappa shape index (κ3) is 1.83. The van der Waals surface area contributed by atoms with E-state index in [0.717, 1.165) is 0 Å². The second kappa shape index (κ2) is 3.88. The Morgan fingerprint density at radius 1 is 1.17 bits per heavy atom. The summed E-state index contributed by atoms with van der Waals surface area (Å²) in [4.78, 5) is 0. The number of aromatic nitrogens is 2. The monoisotopic (exact) mass is 244 g/mol. The predicted octanol–water partition coefficient (Wildman–Crippen LogP) is 3.38. The van der Waals surface area contributed by atoms with Gasteiger partial charge in [0, 0.05) is 12.4 Å². The molecule has 98 valence electrons. The summed E-state index contributed by atoms with van der Waals surface area (Å²) in [7, 11) is 0. The van der Waals surface area contributed by atoms with Gasteiger partial charge in [-0.15, -0.1) is 0 Å². The van der Waals surface area contributed by atoms with Gasteiger partial charge in [-0.05, 0) is 35.6 Å². The van der Waals surface area contributed by atoms with Gasteiger partial charge >= 0.3 is 0 Å². The van der Waals surface area contributed by atoms with Gasteiger partial charge in [0.05, 0.1) is 6.04 Å². The maximum atomic E-state index is 4.59. The molecule has 0 bridgehead atoms. The topological polar surface area (TPSA) is 17.8 Å². The molecule has 1 aromatic heterocycles. The quantitative estimate of drug-likeness (QED) is 0.729. The lowest BCUT2D eigenvalue weighted by Crippen LogP contribution is -2.27. The van der Waals surface area contributed by atoms with Crippen LogP contribution >= 0.6 is 0 Å². The van der Waals surface area contributed by atoms with E-state index in [-0.39, 0.29) is 0 Å². The normalized spacial score (nSPS) is 26.3. The Balaban J connectivity index is 1.78. The lowest BCUT2D eigenvalue weighted by molar-refractivity contribution is 0.177. The summed E-state index contributed by atoms with van der Waals surface area (Å²) in [6.45, 7) is 10.4. The van der Waals surface area contributed by atoms with E-state index in [9.17, 15) is 0 Å². The average Bonchev–Trinajstić information content (AvgIpc) is 2.68. The summed E-state index contributed by atoms with van der Waals surface area (Å²) in [5.41, 5.74) is 2.35. The zero-order valence-corrected chi connectivity index (χ0v) is 12.2. The highest BCUT2D eigenvalue weighted by Gasteiger charge is 2.48. The van der Waals surface area contributed by atoms with Crippen LogP contribution in [0.25, 0.3) is 0 Å². The van der Waals surface area contributed by atoms with E-state index in [0.29, 0.717) is 23.6 Å². The number of hydrogen-bond acceptors (Lipinski definition) is 1. The maximum absolute atomic E-state index is 4.59. The van der Waals surface area contributed by atoms with E-state index in [2.05, 4.69) is 49.9 Å². The Hall–Kier alpha value is -0.725. The van der Waals surface area contributed by atoms with Crippen molar-refractivity contribution < 1.29 is 0 Å². The minimum Gasteiger partial charge on any atom is -0.270 e. The molecule has 2 nitrogen and oxygen atoms in total. The van der Waals surface area contributed by atoms with Gasteiger partial charge in [-0.2, -0.15) is 5.10 Å². The maximum Gasteiger partial charge on any atom is 0.181 e. The van der Waals surface area contributed by atoms with Crippen LogP contribution in [0.4, 0.5) is 0 Å². The second-order valence-corrected chi connectivity index (χ2v) is 7.71. The fourth-order valence-electron chi connectivity index (χ4n) is 3.51. The second-order valence-electron chi connectivity index (χ2n) is 7.71. The molecule has 0 spiro atoms. The van der Waals surface area contributed by atoms with Gasteiger partial charge in [-0.3, -0.25) is 4.68 Å². The van der Waals surface area contributed by atoms with Crippen molar-refractivity contribution in [3.63, 3.8) is 0 Å². The molecule has 2 fully saturated rings. The van der Waals surface area contributed by atoms with E-state index in [1.165, 1.54) is 37.4 Å². The largest absolute Gasteiger partial charge is 0.270 e. The van der Waals surface area contributed by atoms with Crippen LogP contribution in [0.1, 0.15) is 53.0 Å². The Morgan fingerprint density at radius 2 is 1.78 bits per heavy atom. The van der Waals surface area contributed by atoms with Gasteiger partial charge in [0.1, 0.15) is 0 Å². The zero-order valence-electron chi connectivity index (χ0n) is 12.2. The summed E-state index contributed by atoms with van der Waals surface area (Å²) in [5, 5.41) is 4.59. The first kappa shape index (κ1) is 12.3. The zero-order chi connectivity index (χ0) is 13.0. The molecule has 1 aromatic rings. The average molecular weight is 244 g/mol. The minimum atomic E-state index is 0.441. The first-order valence-corrected chi connectivity index (χ1v) is 7.43. The fourth-order valence-corrected chi connectivity index (χ4v) is 3.51. The van der Waals surface area contributed by atoms with Gasteiger partial charge in [-0.1, -0.05) is 40.3 Å². The molecular formula is C15H25BN2. The molecule has 3 heteroatoms. The molecule has 1 saturated heterocycles.